The number of carboxylic acid groups (broad SMARTS) is 1. The van der Waals surface area contributed by atoms with Gasteiger partial charge in [0.2, 0.25) is 5.91 Å². The van der Waals surface area contributed by atoms with Gasteiger partial charge >= 0.3 is 5.97 Å². The maximum Gasteiger partial charge on any atom is 0.307 e. The molecule has 2 rings (SSSR count). The van der Waals surface area contributed by atoms with Crippen LogP contribution in [0.4, 0.5) is 5.69 Å². The molecule has 2 atom stereocenters. The van der Waals surface area contributed by atoms with Crippen molar-refractivity contribution in [2.45, 2.75) is 13.0 Å². The molecule has 5 heteroatoms. The number of aliphatic carboxylic acids is 1. The molecule has 1 saturated carbocycles. The first kappa shape index (κ1) is 13.5. The second-order valence-electron chi connectivity index (χ2n) is 5.17. The lowest BCUT2D eigenvalue weighted by Crippen LogP contribution is -2.19. The van der Waals surface area contributed by atoms with Crippen molar-refractivity contribution in [3.05, 3.63) is 29.8 Å². The molecular formula is C14H18N2O3. The fourth-order valence-corrected chi connectivity index (χ4v) is 2.10. The summed E-state index contributed by atoms with van der Waals surface area (Å²) in [5.41, 5.74) is 1.78. The number of rotatable bonds is 5. The van der Waals surface area contributed by atoms with Crippen LogP contribution in [0.25, 0.3) is 0 Å². The summed E-state index contributed by atoms with van der Waals surface area (Å²) in [6.07, 6.45) is 0.441. The Labute approximate surface area is 112 Å². The van der Waals surface area contributed by atoms with Crippen molar-refractivity contribution in [2.24, 2.45) is 11.8 Å². The second kappa shape index (κ2) is 5.40. The van der Waals surface area contributed by atoms with E-state index < -0.39 is 11.9 Å². The largest absolute Gasteiger partial charge is 0.481 e. The van der Waals surface area contributed by atoms with Gasteiger partial charge in [0.1, 0.15) is 0 Å². The monoisotopic (exact) mass is 262 g/mol. The Bertz CT molecular complexity index is 499. The molecule has 2 unspecified atom stereocenters. The number of nitrogens with one attached hydrogen (secondary N) is 1. The zero-order valence-corrected chi connectivity index (χ0v) is 11.1. The minimum Gasteiger partial charge on any atom is -0.481 e. The summed E-state index contributed by atoms with van der Waals surface area (Å²) < 4.78 is 0. The fourth-order valence-electron chi connectivity index (χ4n) is 2.10. The molecule has 5 nitrogen and oxygen atoms in total. The maximum atomic E-state index is 11.9. The molecule has 0 saturated heterocycles. The predicted octanol–water partition coefficient (Wildman–Crippen LogP) is 1.41. The highest BCUT2D eigenvalue weighted by atomic mass is 16.4. The average molecular weight is 262 g/mol. The van der Waals surface area contributed by atoms with Crippen molar-refractivity contribution in [3.8, 4) is 0 Å². The second-order valence-corrected chi connectivity index (χ2v) is 5.17. The van der Waals surface area contributed by atoms with E-state index in [9.17, 15) is 9.59 Å². The normalized spacial score (nSPS) is 21.2. The third-order valence-electron chi connectivity index (χ3n) is 3.21. The lowest BCUT2D eigenvalue weighted by Gasteiger charge is -2.14. The molecule has 1 amide bonds. The number of carboxylic acids is 1. The zero-order valence-electron chi connectivity index (χ0n) is 11.1. The Morgan fingerprint density at radius 1 is 1.32 bits per heavy atom. The highest BCUT2D eigenvalue weighted by molar-refractivity contribution is 5.98. The van der Waals surface area contributed by atoms with E-state index in [2.05, 4.69) is 5.32 Å². The Morgan fingerprint density at radius 3 is 2.58 bits per heavy atom. The van der Waals surface area contributed by atoms with E-state index in [4.69, 9.17) is 5.11 Å². The lowest BCUT2D eigenvalue weighted by molar-refractivity contribution is -0.139. The van der Waals surface area contributed by atoms with Gasteiger partial charge < -0.3 is 15.3 Å². The first-order valence-electron chi connectivity index (χ1n) is 6.25. The molecule has 1 aliphatic carbocycles. The van der Waals surface area contributed by atoms with Gasteiger partial charge in [-0.25, -0.2) is 0 Å². The highest BCUT2D eigenvalue weighted by Gasteiger charge is 2.48. The number of anilines is 1. The summed E-state index contributed by atoms with van der Waals surface area (Å²) in [6, 6.07) is 7.58. The van der Waals surface area contributed by atoms with Gasteiger partial charge in [0, 0.05) is 12.2 Å². The summed E-state index contributed by atoms with van der Waals surface area (Å²) in [4.78, 5) is 24.7. The predicted molar refractivity (Wildman–Crippen MR) is 71.7 cm³/mol. The first-order chi connectivity index (χ1) is 8.99. The Balaban J connectivity index is 2.03. The van der Waals surface area contributed by atoms with Crippen LogP contribution in [0.5, 0.6) is 0 Å². The fraction of sp³-hybridized carbons (Fsp3) is 0.429. The van der Waals surface area contributed by atoms with Gasteiger partial charge in [0.25, 0.3) is 0 Å². The summed E-state index contributed by atoms with van der Waals surface area (Å²) in [6.45, 7) is 0.726. The minimum atomic E-state index is -0.887. The van der Waals surface area contributed by atoms with Crippen LogP contribution in [-0.4, -0.2) is 36.0 Å². The molecular weight excluding hydrogens is 244 g/mol. The van der Waals surface area contributed by atoms with Crippen molar-refractivity contribution in [1.29, 1.82) is 0 Å². The molecule has 0 bridgehead atoms. The summed E-state index contributed by atoms with van der Waals surface area (Å²) in [5.74, 6) is -1.98. The van der Waals surface area contributed by atoms with Gasteiger partial charge in [-0.15, -0.1) is 0 Å². The van der Waals surface area contributed by atoms with Gasteiger partial charge in [-0.1, -0.05) is 18.2 Å². The van der Waals surface area contributed by atoms with Gasteiger partial charge in [-0.3, -0.25) is 9.59 Å². The van der Waals surface area contributed by atoms with E-state index in [-0.39, 0.29) is 11.8 Å². The Hall–Kier alpha value is -1.88. The SMILES string of the molecule is CN(C)Cc1ccccc1NC(=O)C1CC1C(=O)O. The van der Waals surface area contributed by atoms with Crippen LogP contribution < -0.4 is 5.32 Å². The molecule has 0 aromatic heterocycles. The van der Waals surface area contributed by atoms with Crippen molar-refractivity contribution in [2.75, 3.05) is 19.4 Å². The van der Waals surface area contributed by atoms with E-state index in [0.717, 1.165) is 17.8 Å². The molecule has 1 aliphatic rings. The molecule has 0 spiro atoms. The molecule has 1 aromatic rings. The molecule has 0 radical (unpaired) electrons. The van der Waals surface area contributed by atoms with Crippen LogP contribution >= 0.6 is 0 Å². The Morgan fingerprint density at radius 2 is 2.00 bits per heavy atom. The quantitative estimate of drug-likeness (QED) is 0.841. The van der Waals surface area contributed by atoms with Crippen LogP contribution in [0.2, 0.25) is 0 Å². The van der Waals surface area contributed by atoms with Gasteiger partial charge in [-0.2, -0.15) is 0 Å². The maximum absolute atomic E-state index is 11.9. The number of nitrogens with zero attached hydrogens (tertiary/aromatic N) is 1. The Kier molecular flexibility index (Phi) is 3.85. The highest BCUT2D eigenvalue weighted by Crippen LogP contribution is 2.39. The van der Waals surface area contributed by atoms with Crippen molar-refractivity contribution >= 4 is 17.6 Å². The number of carbonyl (C=O) groups is 2. The standard InChI is InChI=1S/C14H18N2O3/c1-16(2)8-9-5-3-4-6-12(9)15-13(17)10-7-11(10)14(18)19/h3-6,10-11H,7-8H2,1-2H3,(H,15,17)(H,18,19). The van der Waals surface area contributed by atoms with Crippen molar-refractivity contribution in [3.63, 3.8) is 0 Å². The average Bonchev–Trinajstić information content (AvgIpc) is 3.11. The summed E-state index contributed by atoms with van der Waals surface area (Å²) in [5, 5.41) is 11.7. The summed E-state index contributed by atoms with van der Waals surface area (Å²) in [7, 11) is 3.92. The van der Waals surface area contributed by atoms with E-state index in [0.29, 0.717) is 6.42 Å². The summed E-state index contributed by atoms with van der Waals surface area (Å²) >= 11 is 0. The molecule has 1 aromatic carbocycles. The first-order valence-corrected chi connectivity index (χ1v) is 6.25. The number of benzene rings is 1. The van der Waals surface area contributed by atoms with Crippen LogP contribution in [0, 0.1) is 11.8 Å². The third-order valence-corrected chi connectivity index (χ3v) is 3.21. The zero-order chi connectivity index (χ0) is 14.0. The minimum absolute atomic E-state index is 0.196. The van der Waals surface area contributed by atoms with E-state index in [1.807, 2.05) is 43.3 Å². The van der Waals surface area contributed by atoms with Gasteiger partial charge in [-0.05, 0) is 32.1 Å². The van der Waals surface area contributed by atoms with Crippen LogP contribution in [0.3, 0.4) is 0 Å². The number of hydrogen-bond acceptors (Lipinski definition) is 3. The lowest BCUT2D eigenvalue weighted by atomic mass is 10.1. The van der Waals surface area contributed by atoms with Crippen LogP contribution in [-0.2, 0) is 16.1 Å². The molecule has 19 heavy (non-hydrogen) atoms. The smallest absolute Gasteiger partial charge is 0.307 e. The van der Waals surface area contributed by atoms with Crippen LogP contribution in [0.15, 0.2) is 24.3 Å². The van der Waals surface area contributed by atoms with E-state index in [1.165, 1.54) is 0 Å². The third kappa shape index (κ3) is 3.32. The van der Waals surface area contributed by atoms with Crippen molar-refractivity contribution < 1.29 is 14.7 Å². The number of carbonyl (C=O) groups excluding carboxylic acids is 1. The van der Waals surface area contributed by atoms with Crippen molar-refractivity contribution in [1.82, 2.24) is 4.90 Å². The molecule has 102 valence electrons. The number of amides is 1. The van der Waals surface area contributed by atoms with Crippen LogP contribution in [0.1, 0.15) is 12.0 Å². The number of para-hydroxylation sites is 1. The molecule has 1 fully saturated rings. The van der Waals surface area contributed by atoms with E-state index in [1.54, 1.807) is 0 Å². The molecule has 0 aliphatic heterocycles. The van der Waals surface area contributed by atoms with Gasteiger partial charge in [0.05, 0.1) is 11.8 Å². The van der Waals surface area contributed by atoms with E-state index >= 15 is 0 Å². The topological polar surface area (TPSA) is 69.6 Å². The molecule has 2 N–H and O–H groups in total. The molecule has 0 heterocycles. The van der Waals surface area contributed by atoms with Gasteiger partial charge in [0.15, 0.2) is 0 Å². The number of hydrogen-bond donors (Lipinski definition) is 2.